The van der Waals surface area contributed by atoms with Crippen LogP contribution < -0.4 is 0 Å². The van der Waals surface area contributed by atoms with Crippen molar-refractivity contribution >= 4 is 0 Å². The Labute approximate surface area is 147 Å². The molecule has 0 aliphatic carbocycles. The number of phenolic OH excluding ortho intramolecular Hbond substituents is 3. The van der Waals surface area contributed by atoms with Gasteiger partial charge in [0.1, 0.15) is 17.2 Å². The molecule has 25 heavy (non-hydrogen) atoms. The van der Waals surface area contributed by atoms with E-state index in [1.54, 1.807) is 24.3 Å². The molecule has 3 heteroatoms. The Morgan fingerprint density at radius 3 is 1.60 bits per heavy atom. The van der Waals surface area contributed by atoms with Gasteiger partial charge in [0.05, 0.1) is 0 Å². The molecule has 0 aliphatic rings. The molecule has 0 fully saturated rings. The molecule has 0 radical (unpaired) electrons. The summed E-state index contributed by atoms with van der Waals surface area (Å²) in [6.07, 6.45) is 2.12. The van der Waals surface area contributed by atoms with Crippen molar-refractivity contribution in [2.24, 2.45) is 0 Å². The first-order valence-corrected chi connectivity index (χ1v) is 8.44. The second kappa shape index (κ2) is 7.31. The number of hydrogen-bond acceptors (Lipinski definition) is 3. The molecular weight excluding hydrogens is 312 g/mol. The summed E-state index contributed by atoms with van der Waals surface area (Å²) in [5, 5.41) is 29.4. The van der Waals surface area contributed by atoms with Crippen LogP contribution in [0.4, 0.5) is 0 Å². The zero-order valence-electron chi connectivity index (χ0n) is 14.2. The highest BCUT2D eigenvalue weighted by Gasteiger charge is 2.10. The van der Waals surface area contributed by atoms with Crippen molar-refractivity contribution in [1.82, 2.24) is 0 Å². The van der Waals surface area contributed by atoms with Crippen LogP contribution in [0.25, 0.3) is 0 Å². The minimum absolute atomic E-state index is 0.239. The lowest BCUT2D eigenvalue weighted by atomic mass is 9.94. The monoisotopic (exact) mass is 334 g/mol. The van der Waals surface area contributed by atoms with Crippen molar-refractivity contribution in [3.05, 3.63) is 88.5 Å². The van der Waals surface area contributed by atoms with Crippen molar-refractivity contribution in [2.75, 3.05) is 0 Å². The van der Waals surface area contributed by atoms with E-state index in [1.165, 1.54) is 0 Å². The first kappa shape index (κ1) is 16.9. The Hall–Kier alpha value is -2.94. The highest BCUT2D eigenvalue weighted by atomic mass is 16.3. The normalized spacial score (nSPS) is 10.8. The second-order valence-electron chi connectivity index (χ2n) is 6.30. The maximum absolute atomic E-state index is 10.5. The third-order valence-corrected chi connectivity index (χ3v) is 4.38. The van der Waals surface area contributed by atoms with Crippen LogP contribution >= 0.6 is 0 Å². The highest BCUT2D eigenvalue weighted by molar-refractivity contribution is 5.47. The van der Waals surface area contributed by atoms with E-state index in [4.69, 9.17) is 0 Å². The summed E-state index contributed by atoms with van der Waals surface area (Å²) < 4.78 is 0. The van der Waals surface area contributed by atoms with E-state index < -0.39 is 0 Å². The van der Waals surface area contributed by atoms with Crippen molar-refractivity contribution < 1.29 is 15.3 Å². The number of hydrogen-bond donors (Lipinski definition) is 3. The zero-order chi connectivity index (χ0) is 17.8. The van der Waals surface area contributed by atoms with E-state index in [2.05, 4.69) is 0 Å². The average molecular weight is 334 g/mol. The van der Waals surface area contributed by atoms with E-state index in [0.29, 0.717) is 12.2 Å². The van der Waals surface area contributed by atoms with Gasteiger partial charge in [-0.2, -0.15) is 0 Å². The lowest BCUT2D eigenvalue weighted by molar-refractivity contribution is 0.462. The third kappa shape index (κ3) is 4.13. The van der Waals surface area contributed by atoms with Gasteiger partial charge >= 0.3 is 0 Å². The van der Waals surface area contributed by atoms with Gasteiger partial charge in [0.15, 0.2) is 0 Å². The molecule has 0 saturated carbocycles. The van der Waals surface area contributed by atoms with Crippen molar-refractivity contribution in [3.8, 4) is 17.2 Å². The van der Waals surface area contributed by atoms with Crippen LogP contribution in [-0.4, -0.2) is 15.3 Å². The lowest BCUT2D eigenvalue weighted by Crippen LogP contribution is -1.97. The van der Waals surface area contributed by atoms with Gasteiger partial charge in [-0.25, -0.2) is 0 Å². The van der Waals surface area contributed by atoms with Crippen LogP contribution in [0.15, 0.2) is 60.7 Å². The molecule has 0 atom stereocenters. The van der Waals surface area contributed by atoms with Crippen molar-refractivity contribution in [3.63, 3.8) is 0 Å². The number of aromatic hydroxyl groups is 3. The molecule has 0 aliphatic heterocycles. The van der Waals surface area contributed by atoms with Crippen LogP contribution in [0.2, 0.25) is 0 Å². The van der Waals surface area contributed by atoms with Crippen molar-refractivity contribution in [2.45, 2.75) is 26.2 Å². The van der Waals surface area contributed by atoms with Gasteiger partial charge in [0.2, 0.25) is 0 Å². The van der Waals surface area contributed by atoms with E-state index in [9.17, 15) is 15.3 Å². The third-order valence-electron chi connectivity index (χ3n) is 4.38. The van der Waals surface area contributed by atoms with E-state index in [0.717, 1.165) is 40.7 Å². The number of aryl methyl sites for hydroxylation is 1. The Kier molecular flexibility index (Phi) is 4.94. The fraction of sp³-hybridized carbons (Fsp3) is 0.182. The van der Waals surface area contributed by atoms with Gasteiger partial charge in [-0.1, -0.05) is 43.3 Å². The molecule has 0 unspecified atom stereocenters. The standard InChI is InChI=1S/C22H22O3/c1-2-18-13-17(11-15-3-7-20(23)8-4-15)14-19(22(18)25)12-16-5-9-21(24)10-6-16/h3-10,13-14,23-25H,2,11-12H2,1H3. The van der Waals surface area contributed by atoms with E-state index >= 15 is 0 Å². The van der Waals surface area contributed by atoms with Gasteiger partial charge in [0, 0.05) is 6.42 Å². The van der Waals surface area contributed by atoms with Crippen LogP contribution in [0.1, 0.15) is 34.7 Å². The maximum atomic E-state index is 10.5. The first-order chi connectivity index (χ1) is 12.0. The molecule has 3 nitrogen and oxygen atoms in total. The molecule has 0 amide bonds. The second-order valence-corrected chi connectivity index (χ2v) is 6.30. The molecular formula is C22H22O3. The molecule has 0 aromatic heterocycles. The SMILES string of the molecule is CCc1cc(Cc2ccc(O)cc2)cc(Cc2ccc(O)cc2)c1O. The molecule has 3 N–H and O–H groups in total. The van der Waals surface area contributed by atoms with Gasteiger partial charge in [-0.05, 0) is 64.9 Å². The Morgan fingerprint density at radius 1 is 0.600 bits per heavy atom. The molecule has 0 heterocycles. The summed E-state index contributed by atoms with van der Waals surface area (Å²) in [7, 11) is 0. The summed E-state index contributed by atoms with van der Waals surface area (Å²) >= 11 is 0. The molecule has 0 saturated heterocycles. The quantitative estimate of drug-likeness (QED) is 0.641. The van der Waals surface area contributed by atoms with Gasteiger partial charge < -0.3 is 15.3 Å². The van der Waals surface area contributed by atoms with Crippen LogP contribution in [-0.2, 0) is 19.3 Å². The summed E-state index contributed by atoms with van der Waals surface area (Å²) in [6.45, 7) is 2.03. The largest absolute Gasteiger partial charge is 0.508 e. The van der Waals surface area contributed by atoms with Crippen LogP contribution in [0.5, 0.6) is 17.2 Å². The van der Waals surface area contributed by atoms with Gasteiger partial charge in [-0.15, -0.1) is 0 Å². The highest BCUT2D eigenvalue weighted by Crippen LogP contribution is 2.29. The fourth-order valence-corrected chi connectivity index (χ4v) is 3.02. The summed E-state index contributed by atoms with van der Waals surface area (Å²) in [6, 6.07) is 18.3. The number of rotatable bonds is 5. The first-order valence-electron chi connectivity index (χ1n) is 8.44. The Balaban J connectivity index is 1.91. The Bertz CT molecular complexity index is 850. The van der Waals surface area contributed by atoms with E-state index in [1.807, 2.05) is 43.3 Å². The number of phenols is 3. The Morgan fingerprint density at radius 2 is 1.08 bits per heavy atom. The van der Waals surface area contributed by atoms with Gasteiger partial charge in [0.25, 0.3) is 0 Å². The van der Waals surface area contributed by atoms with Crippen molar-refractivity contribution in [1.29, 1.82) is 0 Å². The summed E-state index contributed by atoms with van der Waals surface area (Å²) in [5.74, 6) is 0.852. The summed E-state index contributed by atoms with van der Waals surface area (Å²) in [4.78, 5) is 0. The molecule has 3 rings (SSSR count). The topological polar surface area (TPSA) is 60.7 Å². The molecule has 0 bridgehead atoms. The summed E-state index contributed by atoms with van der Waals surface area (Å²) in [5.41, 5.74) is 5.11. The molecule has 0 spiro atoms. The fourth-order valence-electron chi connectivity index (χ4n) is 3.02. The predicted octanol–water partition coefficient (Wildman–Crippen LogP) is 4.55. The van der Waals surface area contributed by atoms with E-state index in [-0.39, 0.29) is 11.5 Å². The molecule has 3 aromatic carbocycles. The number of benzene rings is 3. The minimum atomic E-state index is 0.239. The zero-order valence-corrected chi connectivity index (χ0v) is 14.2. The smallest absolute Gasteiger partial charge is 0.122 e. The van der Waals surface area contributed by atoms with Crippen LogP contribution in [0, 0.1) is 0 Å². The molecule has 128 valence electrons. The average Bonchev–Trinajstić information content (AvgIpc) is 2.61. The maximum Gasteiger partial charge on any atom is 0.122 e. The molecule has 3 aromatic rings. The van der Waals surface area contributed by atoms with Gasteiger partial charge in [-0.3, -0.25) is 0 Å². The lowest BCUT2D eigenvalue weighted by Gasteiger charge is -2.13. The predicted molar refractivity (Wildman–Crippen MR) is 99.3 cm³/mol. The minimum Gasteiger partial charge on any atom is -0.508 e. The van der Waals surface area contributed by atoms with Crippen LogP contribution in [0.3, 0.4) is 0 Å².